The minimum Gasteiger partial charge on any atom is -0.494 e. The van der Waals surface area contributed by atoms with Crippen molar-refractivity contribution in [1.82, 2.24) is 10.3 Å². The number of hydrogen-bond acceptors (Lipinski definition) is 4. The molecule has 2 amide bonds. The van der Waals surface area contributed by atoms with Crippen molar-refractivity contribution in [3.05, 3.63) is 66.5 Å². The third-order valence-electron chi connectivity index (χ3n) is 3.08. The van der Waals surface area contributed by atoms with Crippen LogP contribution >= 0.6 is 0 Å². The van der Waals surface area contributed by atoms with Crippen LogP contribution in [0, 0.1) is 0 Å². The van der Waals surface area contributed by atoms with E-state index in [1.54, 1.807) is 36.4 Å². The molecule has 0 spiro atoms. The zero-order chi connectivity index (χ0) is 17.4. The van der Waals surface area contributed by atoms with Gasteiger partial charge in [0.2, 0.25) is 0 Å². The fraction of sp³-hybridized carbons (Fsp3) is 0.167. The molecule has 2 N–H and O–H groups in total. The Morgan fingerprint density at radius 3 is 2.62 bits per heavy atom. The van der Waals surface area contributed by atoms with Gasteiger partial charge in [0.1, 0.15) is 11.4 Å². The second-order valence-electron chi connectivity index (χ2n) is 4.84. The van der Waals surface area contributed by atoms with Crippen molar-refractivity contribution in [3.8, 4) is 5.75 Å². The number of carbonyl (C=O) groups is 2. The van der Waals surface area contributed by atoms with Gasteiger partial charge in [-0.1, -0.05) is 6.08 Å². The van der Waals surface area contributed by atoms with Gasteiger partial charge in [0.25, 0.3) is 11.8 Å². The number of ether oxygens (including phenoxy) is 1. The normalized spacial score (nSPS) is 9.88. The van der Waals surface area contributed by atoms with Gasteiger partial charge in [0.05, 0.1) is 6.61 Å². The summed E-state index contributed by atoms with van der Waals surface area (Å²) in [4.78, 5) is 28.1. The Morgan fingerprint density at radius 2 is 1.96 bits per heavy atom. The maximum atomic E-state index is 12.3. The van der Waals surface area contributed by atoms with E-state index in [0.29, 0.717) is 24.4 Å². The van der Waals surface area contributed by atoms with Crippen LogP contribution in [0.5, 0.6) is 5.75 Å². The number of rotatable bonds is 7. The molecule has 0 aliphatic rings. The van der Waals surface area contributed by atoms with Crippen LogP contribution in [0.15, 0.2) is 55.3 Å². The van der Waals surface area contributed by atoms with Crippen LogP contribution in [-0.2, 0) is 0 Å². The van der Waals surface area contributed by atoms with Crippen LogP contribution in [0.25, 0.3) is 0 Å². The van der Waals surface area contributed by atoms with Crippen LogP contribution < -0.4 is 15.4 Å². The molecule has 6 heteroatoms. The van der Waals surface area contributed by atoms with Crippen molar-refractivity contribution in [2.24, 2.45) is 0 Å². The predicted molar refractivity (Wildman–Crippen MR) is 92.3 cm³/mol. The van der Waals surface area contributed by atoms with Crippen molar-refractivity contribution in [2.45, 2.75) is 6.92 Å². The van der Waals surface area contributed by atoms with E-state index in [-0.39, 0.29) is 17.5 Å². The Hall–Kier alpha value is -3.15. The summed E-state index contributed by atoms with van der Waals surface area (Å²) >= 11 is 0. The summed E-state index contributed by atoms with van der Waals surface area (Å²) in [7, 11) is 0. The van der Waals surface area contributed by atoms with Gasteiger partial charge in [-0.25, -0.2) is 0 Å². The van der Waals surface area contributed by atoms with Crippen LogP contribution in [-0.4, -0.2) is 29.9 Å². The first kappa shape index (κ1) is 17.2. The van der Waals surface area contributed by atoms with E-state index in [1.807, 2.05) is 6.92 Å². The molecular formula is C18H19N3O3. The van der Waals surface area contributed by atoms with Crippen LogP contribution in [0.3, 0.4) is 0 Å². The van der Waals surface area contributed by atoms with Crippen LogP contribution in [0.2, 0.25) is 0 Å². The molecule has 1 aromatic heterocycles. The number of anilines is 1. The molecule has 0 atom stereocenters. The van der Waals surface area contributed by atoms with Gasteiger partial charge in [-0.3, -0.25) is 14.6 Å². The lowest BCUT2D eigenvalue weighted by Crippen LogP contribution is -2.24. The van der Waals surface area contributed by atoms with Gasteiger partial charge >= 0.3 is 0 Å². The number of hydrogen-bond donors (Lipinski definition) is 2. The summed E-state index contributed by atoms with van der Waals surface area (Å²) in [5.74, 6) is 0.0607. The highest BCUT2D eigenvalue weighted by molar-refractivity contribution is 6.05. The van der Waals surface area contributed by atoms with Gasteiger partial charge < -0.3 is 15.4 Å². The summed E-state index contributed by atoms with van der Waals surface area (Å²) in [5, 5.41) is 5.38. The molecule has 124 valence electrons. The highest BCUT2D eigenvalue weighted by atomic mass is 16.5. The van der Waals surface area contributed by atoms with E-state index in [4.69, 9.17) is 4.74 Å². The molecule has 0 aliphatic carbocycles. The molecule has 0 unspecified atom stereocenters. The first-order chi connectivity index (χ1) is 11.6. The zero-order valence-electron chi connectivity index (χ0n) is 13.4. The maximum absolute atomic E-state index is 12.3. The molecule has 2 aromatic rings. The van der Waals surface area contributed by atoms with E-state index in [9.17, 15) is 9.59 Å². The number of nitrogens with zero attached hydrogens (tertiary/aromatic N) is 1. The molecule has 2 rings (SSSR count). The molecule has 0 bridgehead atoms. The van der Waals surface area contributed by atoms with E-state index in [2.05, 4.69) is 22.2 Å². The van der Waals surface area contributed by atoms with Gasteiger partial charge in [0, 0.05) is 24.0 Å². The lowest BCUT2D eigenvalue weighted by Gasteiger charge is -2.08. The summed E-state index contributed by atoms with van der Waals surface area (Å²) in [6, 6.07) is 10.1. The Labute approximate surface area is 140 Å². The molecule has 0 aliphatic heterocycles. The Kier molecular flexibility index (Phi) is 6.08. The van der Waals surface area contributed by atoms with Crippen molar-refractivity contribution >= 4 is 17.5 Å². The second-order valence-corrected chi connectivity index (χ2v) is 4.84. The molecule has 0 radical (unpaired) electrons. The minimum absolute atomic E-state index is 0.177. The van der Waals surface area contributed by atoms with E-state index in [0.717, 1.165) is 5.75 Å². The Bertz CT molecular complexity index is 727. The highest BCUT2D eigenvalue weighted by Gasteiger charge is 2.11. The number of nitrogens with one attached hydrogen (secondary N) is 2. The summed E-state index contributed by atoms with van der Waals surface area (Å²) in [6.07, 6.45) is 3.00. The van der Waals surface area contributed by atoms with Crippen molar-refractivity contribution < 1.29 is 14.3 Å². The smallest absolute Gasteiger partial charge is 0.270 e. The average molecular weight is 325 g/mol. The molecular weight excluding hydrogens is 306 g/mol. The standard InChI is InChI=1S/C18H19N3O3/c1-3-10-20-18(23)16-12-13(9-11-19-16)17(22)21-14-5-7-15(8-6-14)24-4-2/h3,5-9,11-12H,1,4,10H2,2H3,(H,20,23)(H,21,22). The fourth-order valence-electron chi connectivity index (χ4n) is 1.96. The summed E-state index contributed by atoms with van der Waals surface area (Å²) < 4.78 is 5.35. The molecule has 0 fully saturated rings. The van der Waals surface area contributed by atoms with Crippen molar-refractivity contribution in [1.29, 1.82) is 0 Å². The third-order valence-corrected chi connectivity index (χ3v) is 3.08. The largest absolute Gasteiger partial charge is 0.494 e. The molecule has 0 saturated carbocycles. The lowest BCUT2D eigenvalue weighted by molar-refractivity contribution is 0.0953. The molecule has 0 saturated heterocycles. The molecule has 24 heavy (non-hydrogen) atoms. The van der Waals surface area contributed by atoms with E-state index >= 15 is 0 Å². The average Bonchev–Trinajstić information content (AvgIpc) is 2.61. The first-order valence-corrected chi connectivity index (χ1v) is 7.53. The third kappa shape index (κ3) is 4.67. The van der Waals surface area contributed by atoms with E-state index in [1.165, 1.54) is 12.3 Å². The number of benzene rings is 1. The SMILES string of the molecule is C=CCNC(=O)c1cc(C(=O)Nc2ccc(OCC)cc2)ccn1. The predicted octanol–water partition coefficient (Wildman–Crippen LogP) is 2.65. The van der Waals surface area contributed by atoms with Gasteiger partial charge in [-0.05, 0) is 43.3 Å². The number of aromatic nitrogens is 1. The topological polar surface area (TPSA) is 80.3 Å². The zero-order valence-corrected chi connectivity index (χ0v) is 13.4. The summed E-state index contributed by atoms with van der Waals surface area (Å²) in [5.41, 5.74) is 1.16. The van der Waals surface area contributed by atoms with Crippen LogP contribution in [0.4, 0.5) is 5.69 Å². The highest BCUT2D eigenvalue weighted by Crippen LogP contribution is 2.16. The Morgan fingerprint density at radius 1 is 1.21 bits per heavy atom. The number of pyridine rings is 1. The van der Waals surface area contributed by atoms with E-state index < -0.39 is 0 Å². The minimum atomic E-state index is -0.356. The fourth-order valence-corrected chi connectivity index (χ4v) is 1.96. The lowest BCUT2D eigenvalue weighted by atomic mass is 10.2. The Balaban J connectivity index is 2.06. The second kappa shape index (κ2) is 8.47. The quantitative estimate of drug-likeness (QED) is 0.767. The summed E-state index contributed by atoms with van der Waals surface area (Å²) in [6.45, 7) is 6.35. The van der Waals surface area contributed by atoms with Crippen LogP contribution in [0.1, 0.15) is 27.8 Å². The number of carbonyl (C=O) groups excluding carboxylic acids is 2. The molecule has 1 aromatic carbocycles. The van der Waals surface area contributed by atoms with Gasteiger partial charge in [-0.2, -0.15) is 0 Å². The monoisotopic (exact) mass is 325 g/mol. The van der Waals surface area contributed by atoms with Gasteiger partial charge in [-0.15, -0.1) is 6.58 Å². The molecule has 6 nitrogen and oxygen atoms in total. The van der Waals surface area contributed by atoms with Crippen molar-refractivity contribution in [3.63, 3.8) is 0 Å². The first-order valence-electron chi connectivity index (χ1n) is 7.53. The molecule has 1 heterocycles. The maximum Gasteiger partial charge on any atom is 0.270 e. The number of amides is 2. The van der Waals surface area contributed by atoms with Crippen molar-refractivity contribution in [2.75, 3.05) is 18.5 Å². The van der Waals surface area contributed by atoms with Gasteiger partial charge in [0.15, 0.2) is 0 Å².